The predicted octanol–water partition coefficient (Wildman–Crippen LogP) is -0.239. The van der Waals surface area contributed by atoms with Gasteiger partial charge in [0.25, 0.3) is 0 Å². The van der Waals surface area contributed by atoms with E-state index in [2.05, 4.69) is 0 Å². The Balaban J connectivity index is 2.02. The fourth-order valence-corrected chi connectivity index (χ4v) is 3.39. The molecule has 1 saturated heterocycles. The molecule has 13 heavy (non-hydrogen) atoms. The highest BCUT2D eigenvalue weighted by Gasteiger charge is 2.50. The van der Waals surface area contributed by atoms with Crippen LogP contribution in [-0.2, 0) is 10.0 Å². The monoisotopic (exact) mass is 204 g/mol. The molecule has 2 fully saturated rings. The number of nitrogens with zero attached hydrogens (tertiary/aromatic N) is 1. The van der Waals surface area contributed by atoms with Crippen molar-refractivity contribution in [3.05, 3.63) is 0 Å². The summed E-state index contributed by atoms with van der Waals surface area (Å²) in [5, 5.41) is 0. The fraction of sp³-hybridized carbons (Fsp3) is 1.00. The number of hydrogen-bond acceptors (Lipinski definition) is 3. The van der Waals surface area contributed by atoms with Crippen LogP contribution in [0.1, 0.15) is 19.3 Å². The lowest BCUT2D eigenvalue weighted by molar-refractivity contribution is 0.451. The average molecular weight is 204 g/mol. The molecule has 5 heteroatoms. The maximum absolute atomic E-state index is 11.6. The first-order chi connectivity index (χ1) is 6.08. The molecule has 0 aromatic carbocycles. The largest absolute Gasteiger partial charge is 0.329 e. The summed E-state index contributed by atoms with van der Waals surface area (Å²) in [5.74, 6) is 0.100. The van der Waals surface area contributed by atoms with Crippen LogP contribution >= 0.6 is 0 Å². The second-order valence-electron chi connectivity index (χ2n) is 4.19. The Bertz CT molecular complexity index is 295. The third-order valence-electron chi connectivity index (χ3n) is 3.13. The van der Waals surface area contributed by atoms with E-state index in [0.717, 1.165) is 13.0 Å². The van der Waals surface area contributed by atoms with E-state index < -0.39 is 10.0 Å². The minimum Gasteiger partial charge on any atom is -0.329 e. The van der Waals surface area contributed by atoms with Gasteiger partial charge >= 0.3 is 0 Å². The van der Waals surface area contributed by atoms with Crippen LogP contribution in [0.3, 0.4) is 0 Å². The molecule has 1 heterocycles. The average Bonchev–Trinajstić information content (AvgIpc) is 2.60. The van der Waals surface area contributed by atoms with Crippen LogP contribution < -0.4 is 5.73 Å². The van der Waals surface area contributed by atoms with Gasteiger partial charge in [-0.15, -0.1) is 0 Å². The summed E-state index contributed by atoms with van der Waals surface area (Å²) in [7, 11) is -3.03. The number of nitrogens with two attached hydrogens (primary N) is 1. The van der Waals surface area contributed by atoms with Gasteiger partial charge in [-0.2, -0.15) is 0 Å². The van der Waals surface area contributed by atoms with Crippen molar-refractivity contribution in [2.45, 2.75) is 19.3 Å². The van der Waals surface area contributed by atoms with Gasteiger partial charge < -0.3 is 5.73 Å². The molecule has 0 atom stereocenters. The molecule has 0 bridgehead atoms. The van der Waals surface area contributed by atoms with Gasteiger partial charge in [0.2, 0.25) is 10.0 Å². The summed E-state index contributed by atoms with van der Waals surface area (Å²) < 4.78 is 24.8. The minimum absolute atomic E-state index is 0.100. The normalized spacial score (nSPS) is 26.8. The first-order valence-electron chi connectivity index (χ1n) is 4.76. The zero-order valence-electron chi connectivity index (χ0n) is 7.70. The smallest absolute Gasteiger partial charge is 0.215 e. The Morgan fingerprint density at radius 3 is 2.46 bits per heavy atom. The Hall–Kier alpha value is -0.130. The topological polar surface area (TPSA) is 63.4 Å². The molecule has 1 saturated carbocycles. The zero-order chi connectivity index (χ0) is 9.53. The fourth-order valence-electron chi connectivity index (χ4n) is 1.99. The lowest BCUT2D eigenvalue weighted by Gasteiger charge is -2.15. The van der Waals surface area contributed by atoms with Crippen LogP contribution in [0.25, 0.3) is 0 Å². The van der Waals surface area contributed by atoms with Crippen molar-refractivity contribution < 1.29 is 8.42 Å². The van der Waals surface area contributed by atoms with E-state index in [9.17, 15) is 8.42 Å². The summed E-state index contributed by atoms with van der Waals surface area (Å²) in [4.78, 5) is 0. The molecule has 1 spiro atoms. The van der Waals surface area contributed by atoms with Crippen molar-refractivity contribution in [2.24, 2.45) is 11.1 Å². The molecule has 0 radical (unpaired) electrons. The molecule has 0 unspecified atom stereocenters. The summed E-state index contributed by atoms with van der Waals surface area (Å²) >= 11 is 0. The molecular formula is C8H16N2O2S. The SMILES string of the molecule is NCCS(=O)(=O)N1CCC2(CC2)C1. The first-order valence-corrected chi connectivity index (χ1v) is 6.37. The Kier molecular flexibility index (Phi) is 2.13. The number of sulfonamides is 1. The molecule has 0 aromatic heterocycles. The highest BCUT2D eigenvalue weighted by atomic mass is 32.2. The van der Waals surface area contributed by atoms with E-state index in [1.54, 1.807) is 4.31 Å². The summed E-state index contributed by atoms with van der Waals surface area (Å²) in [5.41, 5.74) is 5.64. The predicted molar refractivity (Wildman–Crippen MR) is 50.7 cm³/mol. The van der Waals surface area contributed by atoms with Gasteiger partial charge in [-0.25, -0.2) is 12.7 Å². The standard InChI is InChI=1S/C8H16N2O2S/c9-4-6-13(11,12)10-5-3-8(7-10)1-2-8/h1-7,9H2. The maximum Gasteiger partial charge on any atom is 0.215 e. The molecule has 1 aliphatic heterocycles. The van der Waals surface area contributed by atoms with E-state index in [4.69, 9.17) is 5.73 Å². The van der Waals surface area contributed by atoms with Crippen LogP contribution in [-0.4, -0.2) is 38.1 Å². The number of rotatable bonds is 3. The Morgan fingerprint density at radius 1 is 1.31 bits per heavy atom. The first kappa shape index (κ1) is 9.43. The van der Waals surface area contributed by atoms with Crippen LogP contribution in [0, 0.1) is 5.41 Å². The van der Waals surface area contributed by atoms with E-state index in [0.29, 0.717) is 12.0 Å². The molecule has 1 aliphatic carbocycles. The maximum atomic E-state index is 11.6. The van der Waals surface area contributed by atoms with Crippen molar-refractivity contribution in [1.29, 1.82) is 0 Å². The highest BCUT2D eigenvalue weighted by Crippen LogP contribution is 2.53. The van der Waals surface area contributed by atoms with Gasteiger partial charge in [0.15, 0.2) is 0 Å². The van der Waals surface area contributed by atoms with Crippen molar-refractivity contribution >= 4 is 10.0 Å². The second-order valence-corrected chi connectivity index (χ2v) is 6.28. The molecular weight excluding hydrogens is 188 g/mol. The van der Waals surface area contributed by atoms with Gasteiger partial charge in [0.1, 0.15) is 0 Å². The van der Waals surface area contributed by atoms with E-state index in [1.807, 2.05) is 0 Å². The molecule has 2 N–H and O–H groups in total. The van der Waals surface area contributed by atoms with Crippen molar-refractivity contribution in [2.75, 3.05) is 25.4 Å². The summed E-state index contributed by atoms with van der Waals surface area (Å²) in [6.45, 7) is 1.68. The van der Waals surface area contributed by atoms with Crippen LogP contribution in [0.15, 0.2) is 0 Å². The van der Waals surface area contributed by atoms with Gasteiger partial charge in [0, 0.05) is 19.6 Å². The van der Waals surface area contributed by atoms with Gasteiger partial charge in [0.05, 0.1) is 5.75 Å². The third-order valence-corrected chi connectivity index (χ3v) is 4.98. The van der Waals surface area contributed by atoms with Crippen molar-refractivity contribution in [3.8, 4) is 0 Å². The molecule has 0 amide bonds. The van der Waals surface area contributed by atoms with Gasteiger partial charge in [-0.3, -0.25) is 0 Å². The lowest BCUT2D eigenvalue weighted by Crippen LogP contribution is -2.33. The second kappa shape index (κ2) is 2.93. The van der Waals surface area contributed by atoms with Crippen LogP contribution in [0.2, 0.25) is 0 Å². The third kappa shape index (κ3) is 1.73. The zero-order valence-corrected chi connectivity index (χ0v) is 8.52. The Labute approximate surface area is 79.1 Å². The molecule has 76 valence electrons. The van der Waals surface area contributed by atoms with Crippen molar-refractivity contribution in [3.63, 3.8) is 0 Å². The van der Waals surface area contributed by atoms with E-state index in [1.165, 1.54) is 12.8 Å². The molecule has 0 aromatic rings. The molecule has 4 nitrogen and oxygen atoms in total. The summed E-state index contributed by atoms with van der Waals surface area (Å²) in [6.07, 6.45) is 3.47. The quantitative estimate of drug-likeness (QED) is 0.690. The molecule has 2 aliphatic rings. The minimum atomic E-state index is -3.03. The van der Waals surface area contributed by atoms with Gasteiger partial charge in [-0.1, -0.05) is 0 Å². The highest BCUT2D eigenvalue weighted by molar-refractivity contribution is 7.89. The summed E-state index contributed by atoms with van der Waals surface area (Å²) in [6, 6.07) is 0. The lowest BCUT2D eigenvalue weighted by atomic mass is 10.1. The number of hydrogen-bond donors (Lipinski definition) is 1. The molecule has 2 rings (SSSR count). The van der Waals surface area contributed by atoms with Gasteiger partial charge in [-0.05, 0) is 24.7 Å². The van der Waals surface area contributed by atoms with Crippen molar-refractivity contribution in [1.82, 2.24) is 4.31 Å². The van der Waals surface area contributed by atoms with Crippen LogP contribution in [0.5, 0.6) is 0 Å². The van der Waals surface area contributed by atoms with E-state index in [-0.39, 0.29) is 12.3 Å². The Morgan fingerprint density at radius 2 is 2.00 bits per heavy atom. The van der Waals surface area contributed by atoms with Crippen LogP contribution in [0.4, 0.5) is 0 Å². The van der Waals surface area contributed by atoms with E-state index >= 15 is 0 Å².